The topological polar surface area (TPSA) is 21.3 Å². The van der Waals surface area contributed by atoms with Crippen molar-refractivity contribution in [1.82, 2.24) is 5.32 Å². The molecule has 2 fully saturated rings. The molecule has 0 aromatic heterocycles. The molecule has 1 N–H and O–H groups in total. The van der Waals surface area contributed by atoms with Crippen molar-refractivity contribution >= 4 is 0 Å². The first-order valence-electron chi connectivity index (χ1n) is 4.81. The number of nitrogens with one attached hydrogen (secondary N) is 1. The van der Waals surface area contributed by atoms with Crippen molar-refractivity contribution in [3.63, 3.8) is 0 Å². The molecule has 13 heavy (non-hydrogen) atoms. The van der Waals surface area contributed by atoms with Gasteiger partial charge in [-0.3, -0.25) is 0 Å². The van der Waals surface area contributed by atoms with E-state index in [1.54, 1.807) is 0 Å². The number of hydrogen-bond donors (Lipinski definition) is 1. The van der Waals surface area contributed by atoms with Gasteiger partial charge in [-0.1, -0.05) is 0 Å². The van der Waals surface area contributed by atoms with Crippen LogP contribution in [0.5, 0.6) is 0 Å². The second-order valence-electron chi connectivity index (χ2n) is 4.05. The average Bonchev–Trinajstić information content (AvgIpc) is 2.50. The van der Waals surface area contributed by atoms with Crippen LogP contribution in [0.1, 0.15) is 12.8 Å². The number of alkyl halides is 2. The predicted molar refractivity (Wildman–Crippen MR) is 44.8 cm³/mol. The third-order valence-electron chi connectivity index (χ3n) is 3.42. The molecular formula is C9H15F2NO. The van der Waals surface area contributed by atoms with E-state index in [0.29, 0.717) is 19.8 Å². The fourth-order valence-corrected chi connectivity index (χ4v) is 2.51. The van der Waals surface area contributed by atoms with Gasteiger partial charge in [0.15, 0.2) is 0 Å². The summed E-state index contributed by atoms with van der Waals surface area (Å²) in [6.07, 6.45) is -0.614. The Morgan fingerprint density at radius 3 is 2.62 bits per heavy atom. The van der Waals surface area contributed by atoms with Gasteiger partial charge in [0.1, 0.15) is 0 Å². The highest BCUT2D eigenvalue weighted by molar-refractivity contribution is 4.97. The summed E-state index contributed by atoms with van der Waals surface area (Å²) in [5.74, 6) is -0.462. The van der Waals surface area contributed by atoms with E-state index in [1.807, 2.05) is 0 Å². The summed E-state index contributed by atoms with van der Waals surface area (Å²) in [5.41, 5.74) is -0.174. The van der Waals surface area contributed by atoms with Gasteiger partial charge in [-0.2, -0.15) is 0 Å². The zero-order valence-corrected chi connectivity index (χ0v) is 7.56. The quantitative estimate of drug-likeness (QED) is 0.674. The molecule has 2 nitrogen and oxygen atoms in total. The average molecular weight is 191 g/mol. The number of halogens is 2. The minimum Gasteiger partial charge on any atom is -0.381 e. The van der Waals surface area contributed by atoms with Crippen LogP contribution in [0.15, 0.2) is 0 Å². The van der Waals surface area contributed by atoms with Crippen LogP contribution in [0, 0.1) is 11.3 Å². The number of rotatable bonds is 1. The van der Waals surface area contributed by atoms with Gasteiger partial charge in [0.2, 0.25) is 6.43 Å². The Hall–Kier alpha value is -0.220. The van der Waals surface area contributed by atoms with Crippen LogP contribution in [0.2, 0.25) is 0 Å². The van der Waals surface area contributed by atoms with E-state index >= 15 is 0 Å². The van der Waals surface area contributed by atoms with E-state index in [-0.39, 0.29) is 5.41 Å². The lowest BCUT2D eigenvalue weighted by Gasteiger charge is -2.37. The lowest BCUT2D eigenvalue weighted by Crippen LogP contribution is -2.39. The van der Waals surface area contributed by atoms with Crippen LogP contribution in [0.4, 0.5) is 8.78 Å². The molecule has 1 unspecified atom stereocenters. The maximum absolute atomic E-state index is 12.7. The highest BCUT2D eigenvalue weighted by Crippen LogP contribution is 2.43. The molecule has 1 spiro atoms. The van der Waals surface area contributed by atoms with Gasteiger partial charge in [0, 0.05) is 32.2 Å². The Bertz CT molecular complexity index is 180. The van der Waals surface area contributed by atoms with Crippen molar-refractivity contribution in [2.75, 3.05) is 26.3 Å². The summed E-state index contributed by atoms with van der Waals surface area (Å²) < 4.78 is 30.6. The zero-order chi connectivity index (χ0) is 9.31. The molecule has 0 bridgehead atoms. The third-order valence-corrected chi connectivity index (χ3v) is 3.42. The zero-order valence-electron chi connectivity index (χ0n) is 7.56. The highest BCUT2D eigenvalue weighted by atomic mass is 19.3. The summed E-state index contributed by atoms with van der Waals surface area (Å²) in [7, 11) is 0. The molecule has 2 aliphatic rings. The van der Waals surface area contributed by atoms with Gasteiger partial charge < -0.3 is 10.1 Å². The fraction of sp³-hybridized carbons (Fsp3) is 1.00. The first-order valence-corrected chi connectivity index (χ1v) is 4.81. The summed E-state index contributed by atoms with van der Waals surface area (Å²) in [4.78, 5) is 0. The minimum absolute atomic E-state index is 0.174. The van der Waals surface area contributed by atoms with E-state index in [0.717, 1.165) is 19.4 Å². The van der Waals surface area contributed by atoms with Crippen molar-refractivity contribution < 1.29 is 13.5 Å². The van der Waals surface area contributed by atoms with Crippen LogP contribution >= 0.6 is 0 Å². The Morgan fingerprint density at radius 2 is 2.00 bits per heavy atom. The Morgan fingerprint density at radius 1 is 1.31 bits per heavy atom. The standard InChI is InChI=1S/C9H15F2NO/c10-8(11)7-5-12-6-9(7)1-3-13-4-2-9/h7-8,12H,1-6H2. The van der Waals surface area contributed by atoms with E-state index in [9.17, 15) is 8.78 Å². The summed E-state index contributed by atoms with van der Waals surface area (Å²) in [5, 5.41) is 3.08. The van der Waals surface area contributed by atoms with Crippen molar-refractivity contribution in [1.29, 1.82) is 0 Å². The maximum atomic E-state index is 12.7. The smallest absolute Gasteiger partial charge is 0.243 e. The summed E-state index contributed by atoms with van der Waals surface area (Å²) in [6.45, 7) is 2.50. The van der Waals surface area contributed by atoms with Crippen molar-refractivity contribution in [2.45, 2.75) is 19.3 Å². The molecule has 2 rings (SSSR count). The Balaban J connectivity index is 2.09. The third kappa shape index (κ3) is 1.57. The van der Waals surface area contributed by atoms with Gasteiger partial charge in [0.25, 0.3) is 0 Å². The molecule has 1 atom stereocenters. The molecule has 0 aromatic carbocycles. The first-order chi connectivity index (χ1) is 6.25. The largest absolute Gasteiger partial charge is 0.381 e. The van der Waals surface area contributed by atoms with E-state index in [4.69, 9.17) is 4.74 Å². The van der Waals surface area contributed by atoms with Crippen molar-refractivity contribution in [2.24, 2.45) is 11.3 Å². The van der Waals surface area contributed by atoms with Gasteiger partial charge in [-0.05, 0) is 18.3 Å². The minimum atomic E-state index is -2.19. The molecule has 2 aliphatic heterocycles. The molecule has 0 amide bonds. The van der Waals surface area contributed by atoms with E-state index in [2.05, 4.69) is 5.32 Å². The van der Waals surface area contributed by atoms with Gasteiger partial charge in [-0.15, -0.1) is 0 Å². The van der Waals surface area contributed by atoms with Crippen LogP contribution in [0.25, 0.3) is 0 Å². The van der Waals surface area contributed by atoms with E-state index < -0.39 is 12.3 Å². The SMILES string of the molecule is FC(F)C1CNCC12CCOCC2. The molecule has 2 heterocycles. The Kier molecular flexibility index (Phi) is 2.51. The monoisotopic (exact) mass is 191 g/mol. The van der Waals surface area contributed by atoms with Crippen LogP contribution in [0.3, 0.4) is 0 Å². The molecule has 0 aromatic rings. The fourth-order valence-electron chi connectivity index (χ4n) is 2.51. The van der Waals surface area contributed by atoms with E-state index in [1.165, 1.54) is 0 Å². The summed E-state index contributed by atoms with van der Waals surface area (Å²) in [6, 6.07) is 0. The van der Waals surface area contributed by atoms with Gasteiger partial charge >= 0.3 is 0 Å². The lowest BCUT2D eigenvalue weighted by molar-refractivity contribution is -0.0455. The molecule has 4 heteroatoms. The number of hydrogen-bond acceptors (Lipinski definition) is 2. The van der Waals surface area contributed by atoms with Crippen molar-refractivity contribution in [3.8, 4) is 0 Å². The number of ether oxygens (including phenoxy) is 1. The van der Waals surface area contributed by atoms with Gasteiger partial charge in [-0.25, -0.2) is 8.78 Å². The normalized spacial score (nSPS) is 33.0. The summed E-state index contributed by atoms with van der Waals surface area (Å²) >= 11 is 0. The molecule has 2 saturated heterocycles. The van der Waals surface area contributed by atoms with Crippen LogP contribution in [-0.4, -0.2) is 32.7 Å². The van der Waals surface area contributed by atoms with Crippen molar-refractivity contribution in [3.05, 3.63) is 0 Å². The first kappa shape index (κ1) is 9.34. The molecule has 0 aliphatic carbocycles. The van der Waals surface area contributed by atoms with Gasteiger partial charge in [0.05, 0.1) is 0 Å². The molecule has 0 radical (unpaired) electrons. The predicted octanol–water partition coefficient (Wildman–Crippen LogP) is 1.27. The second kappa shape index (κ2) is 3.50. The highest BCUT2D eigenvalue weighted by Gasteiger charge is 2.47. The Labute approximate surface area is 76.6 Å². The molecule has 0 saturated carbocycles. The van der Waals surface area contributed by atoms with Crippen LogP contribution in [-0.2, 0) is 4.74 Å². The van der Waals surface area contributed by atoms with Crippen LogP contribution < -0.4 is 5.32 Å². The molecule has 76 valence electrons. The maximum Gasteiger partial charge on any atom is 0.243 e. The second-order valence-corrected chi connectivity index (χ2v) is 4.05. The molecular weight excluding hydrogens is 176 g/mol. The lowest BCUT2D eigenvalue weighted by atomic mass is 9.72.